The van der Waals surface area contributed by atoms with Crippen molar-refractivity contribution in [2.75, 3.05) is 58.9 Å². The number of rotatable bonds is 7. The summed E-state index contributed by atoms with van der Waals surface area (Å²) >= 11 is 12.7. The lowest BCUT2D eigenvalue weighted by molar-refractivity contribution is -0.136. The molecule has 0 spiro atoms. The minimum Gasteiger partial charge on any atom is -0.342 e. The molecule has 1 N–H and O–H groups in total. The second-order valence-corrected chi connectivity index (χ2v) is 10.9. The lowest BCUT2D eigenvalue weighted by Gasteiger charge is -2.49. The van der Waals surface area contributed by atoms with Crippen LogP contribution >= 0.6 is 23.2 Å². The van der Waals surface area contributed by atoms with Gasteiger partial charge in [-0.2, -0.15) is 0 Å². The highest BCUT2D eigenvalue weighted by molar-refractivity contribution is 6.42. The van der Waals surface area contributed by atoms with E-state index in [9.17, 15) is 4.79 Å². The third kappa shape index (κ3) is 4.91. The molecule has 170 valence electrons. The highest BCUT2D eigenvalue weighted by Crippen LogP contribution is 2.42. The second kappa shape index (κ2) is 9.18. The topological polar surface area (TPSA) is 38.8 Å². The average Bonchev–Trinajstić information content (AvgIpc) is 3.56. The predicted octanol–water partition coefficient (Wildman–Crippen LogP) is 3.24. The normalized spacial score (nSPS) is 28.7. The largest absolute Gasteiger partial charge is 0.342 e. The van der Waals surface area contributed by atoms with E-state index in [0.717, 1.165) is 45.6 Å². The van der Waals surface area contributed by atoms with Gasteiger partial charge in [-0.05, 0) is 55.8 Å². The first kappa shape index (κ1) is 22.0. The maximum absolute atomic E-state index is 12.7. The number of carbonyl (C=O) groups is 1. The Balaban J connectivity index is 1.27. The summed E-state index contributed by atoms with van der Waals surface area (Å²) in [5.74, 6) is 1.04. The number of carbonyl (C=O) groups excluding carboxylic acids is 1. The molecule has 1 aromatic carbocycles. The summed E-state index contributed by atoms with van der Waals surface area (Å²) in [6, 6.07) is 6.82. The van der Waals surface area contributed by atoms with E-state index in [1.54, 1.807) is 0 Å². The van der Waals surface area contributed by atoms with Crippen LogP contribution in [0.2, 0.25) is 10.0 Å². The molecule has 0 radical (unpaired) electrons. The zero-order chi connectivity index (χ0) is 21.4. The van der Waals surface area contributed by atoms with E-state index in [-0.39, 0.29) is 5.41 Å². The number of nitrogens with zero attached hydrogens (tertiary/aromatic N) is 3. The summed E-state index contributed by atoms with van der Waals surface area (Å²) in [6.07, 6.45) is 5.14. The molecule has 1 atom stereocenters. The minimum atomic E-state index is -0.0306. The summed E-state index contributed by atoms with van der Waals surface area (Å²) in [4.78, 5) is 20.0. The highest BCUT2D eigenvalue weighted by atomic mass is 35.5. The van der Waals surface area contributed by atoms with Crippen LogP contribution in [-0.2, 0) is 10.2 Å². The molecular weight excluding hydrogens is 431 g/mol. The van der Waals surface area contributed by atoms with Gasteiger partial charge in [0.05, 0.1) is 10.0 Å². The number of hydrogen-bond acceptors (Lipinski definition) is 4. The van der Waals surface area contributed by atoms with Gasteiger partial charge in [-0.3, -0.25) is 9.69 Å². The van der Waals surface area contributed by atoms with Gasteiger partial charge in [-0.15, -0.1) is 0 Å². The van der Waals surface area contributed by atoms with Gasteiger partial charge in [-0.25, -0.2) is 0 Å². The molecule has 7 heteroatoms. The van der Waals surface area contributed by atoms with Crippen LogP contribution in [-0.4, -0.2) is 85.6 Å². The number of benzene rings is 1. The SMILES string of the molecule is O=C1CC[C@](CCN2CC(N3CCNCC3)C2)(c2ccc(Cl)c(Cl)c2)CN1CC1CC1. The average molecular weight is 465 g/mol. The van der Waals surface area contributed by atoms with Gasteiger partial charge < -0.3 is 15.1 Å². The number of hydrogen-bond donors (Lipinski definition) is 1. The number of likely N-dealkylation sites (tertiary alicyclic amines) is 2. The molecule has 3 saturated heterocycles. The Bertz CT molecular complexity index is 805. The molecule has 4 aliphatic rings. The van der Waals surface area contributed by atoms with Crippen molar-refractivity contribution in [3.63, 3.8) is 0 Å². The Kier molecular flexibility index (Phi) is 6.51. The molecule has 3 aliphatic heterocycles. The molecule has 0 bridgehead atoms. The third-order valence-corrected chi connectivity index (χ3v) is 8.62. The van der Waals surface area contributed by atoms with Crippen molar-refractivity contribution in [3.05, 3.63) is 33.8 Å². The van der Waals surface area contributed by atoms with Gasteiger partial charge in [0.2, 0.25) is 5.91 Å². The minimum absolute atomic E-state index is 0.0306. The van der Waals surface area contributed by atoms with Crippen molar-refractivity contribution < 1.29 is 4.79 Å². The molecule has 31 heavy (non-hydrogen) atoms. The monoisotopic (exact) mass is 464 g/mol. The van der Waals surface area contributed by atoms with E-state index >= 15 is 0 Å². The summed E-state index contributed by atoms with van der Waals surface area (Å²) in [5.41, 5.74) is 1.21. The van der Waals surface area contributed by atoms with E-state index in [1.165, 1.54) is 44.6 Å². The first-order valence-electron chi connectivity index (χ1n) is 11.9. The summed E-state index contributed by atoms with van der Waals surface area (Å²) in [7, 11) is 0. The van der Waals surface area contributed by atoms with E-state index in [4.69, 9.17) is 23.2 Å². The number of nitrogens with one attached hydrogen (secondary N) is 1. The number of piperidine rings is 1. The van der Waals surface area contributed by atoms with Crippen molar-refractivity contribution in [3.8, 4) is 0 Å². The summed E-state index contributed by atoms with van der Waals surface area (Å²) in [5, 5.41) is 4.66. The fourth-order valence-electron chi connectivity index (χ4n) is 5.60. The quantitative estimate of drug-likeness (QED) is 0.671. The van der Waals surface area contributed by atoms with Crippen molar-refractivity contribution >= 4 is 29.1 Å². The van der Waals surface area contributed by atoms with E-state index in [0.29, 0.717) is 34.3 Å². The molecule has 0 aromatic heterocycles. The van der Waals surface area contributed by atoms with Gasteiger partial charge in [-0.1, -0.05) is 29.3 Å². The van der Waals surface area contributed by atoms with Crippen LogP contribution in [0.3, 0.4) is 0 Å². The fourth-order valence-corrected chi connectivity index (χ4v) is 5.90. The highest BCUT2D eigenvalue weighted by Gasteiger charge is 2.43. The maximum atomic E-state index is 12.7. The molecule has 0 unspecified atom stereocenters. The van der Waals surface area contributed by atoms with E-state index in [1.807, 2.05) is 6.07 Å². The lowest BCUT2D eigenvalue weighted by atomic mass is 9.71. The van der Waals surface area contributed by atoms with Gasteiger partial charge in [0, 0.05) is 70.2 Å². The van der Waals surface area contributed by atoms with Crippen molar-refractivity contribution in [2.45, 2.75) is 43.6 Å². The third-order valence-electron chi connectivity index (χ3n) is 7.88. The molecule has 1 aliphatic carbocycles. The number of piperazine rings is 1. The van der Waals surface area contributed by atoms with Crippen molar-refractivity contribution in [1.82, 2.24) is 20.0 Å². The molecule has 3 heterocycles. The number of halogens is 2. The van der Waals surface area contributed by atoms with Crippen LogP contribution < -0.4 is 5.32 Å². The van der Waals surface area contributed by atoms with Gasteiger partial charge in [0.25, 0.3) is 0 Å². The lowest BCUT2D eigenvalue weighted by Crippen LogP contribution is -2.63. The molecule has 1 amide bonds. The smallest absolute Gasteiger partial charge is 0.222 e. The molecule has 4 fully saturated rings. The Morgan fingerprint density at radius 2 is 1.87 bits per heavy atom. The zero-order valence-corrected chi connectivity index (χ0v) is 19.8. The van der Waals surface area contributed by atoms with E-state index in [2.05, 4.69) is 32.1 Å². The Morgan fingerprint density at radius 1 is 1.10 bits per heavy atom. The first-order valence-corrected chi connectivity index (χ1v) is 12.7. The molecule has 1 aromatic rings. The Morgan fingerprint density at radius 3 is 2.58 bits per heavy atom. The fraction of sp³-hybridized carbons (Fsp3) is 0.708. The van der Waals surface area contributed by atoms with Crippen LogP contribution in [0.5, 0.6) is 0 Å². The van der Waals surface area contributed by atoms with Gasteiger partial charge in [0.1, 0.15) is 0 Å². The zero-order valence-electron chi connectivity index (χ0n) is 18.3. The standard InChI is InChI=1S/C24H34Cl2N4O/c25-21-4-3-19(13-22(21)26)24(6-5-23(31)30(17-24)14-18-1-2-18)7-10-28-15-20(16-28)29-11-8-27-9-12-29/h3-4,13,18,20,27H,1-2,5-12,14-17H2/t24-/m1/s1. The Labute approximate surface area is 196 Å². The van der Waals surface area contributed by atoms with E-state index < -0.39 is 0 Å². The van der Waals surface area contributed by atoms with Gasteiger partial charge >= 0.3 is 0 Å². The number of amides is 1. The van der Waals surface area contributed by atoms with Crippen LogP contribution in [0.1, 0.15) is 37.7 Å². The summed E-state index contributed by atoms with van der Waals surface area (Å²) < 4.78 is 0. The molecule has 1 saturated carbocycles. The summed E-state index contributed by atoms with van der Waals surface area (Å²) in [6.45, 7) is 9.72. The predicted molar refractivity (Wildman–Crippen MR) is 126 cm³/mol. The van der Waals surface area contributed by atoms with Gasteiger partial charge in [0.15, 0.2) is 0 Å². The van der Waals surface area contributed by atoms with Crippen LogP contribution in [0.25, 0.3) is 0 Å². The van der Waals surface area contributed by atoms with Crippen molar-refractivity contribution in [2.24, 2.45) is 5.92 Å². The van der Waals surface area contributed by atoms with Crippen LogP contribution in [0.15, 0.2) is 18.2 Å². The van der Waals surface area contributed by atoms with Crippen molar-refractivity contribution in [1.29, 1.82) is 0 Å². The molecule has 5 nitrogen and oxygen atoms in total. The maximum Gasteiger partial charge on any atom is 0.222 e. The molecular formula is C24H34Cl2N4O. The van der Waals surface area contributed by atoms with Crippen LogP contribution in [0, 0.1) is 5.92 Å². The Hall–Kier alpha value is -0.850. The first-order chi connectivity index (χ1) is 15.0. The second-order valence-electron chi connectivity index (χ2n) is 10.1. The van der Waals surface area contributed by atoms with Crippen LogP contribution in [0.4, 0.5) is 0 Å². The molecule has 5 rings (SSSR count).